The van der Waals surface area contributed by atoms with Crippen molar-refractivity contribution in [2.75, 3.05) is 19.7 Å². The molecule has 2 saturated heterocycles. The van der Waals surface area contributed by atoms with Crippen LogP contribution in [0.1, 0.15) is 40.0 Å². The van der Waals surface area contributed by atoms with Crippen LogP contribution in [0.2, 0.25) is 0 Å². The molecule has 2 heterocycles. The van der Waals surface area contributed by atoms with E-state index in [0.29, 0.717) is 19.7 Å². The van der Waals surface area contributed by atoms with Crippen LogP contribution >= 0.6 is 0 Å². The van der Waals surface area contributed by atoms with E-state index in [0.717, 1.165) is 19.3 Å². The van der Waals surface area contributed by atoms with Crippen molar-refractivity contribution >= 4 is 17.5 Å². The monoisotopic (exact) mass is 304 g/mol. The smallest absolute Gasteiger partial charge is 0.407 e. The van der Waals surface area contributed by atoms with Gasteiger partial charge < -0.3 is 19.3 Å². The van der Waals surface area contributed by atoms with E-state index >= 15 is 0 Å². The fourth-order valence-electron chi connectivity index (χ4n) is 2.70. The van der Waals surface area contributed by atoms with Gasteiger partial charge in [0.1, 0.15) is 4.75 Å². The number of ether oxygens (including phenoxy) is 1. The summed E-state index contributed by atoms with van der Waals surface area (Å²) in [5.74, 6) is 0. The molecule has 1 spiro atoms. The molecule has 2 rings (SSSR count). The average Bonchev–Trinajstić information content (AvgIpc) is 2.71. The zero-order valence-electron chi connectivity index (χ0n) is 12.3. The number of nitrogens with one attached hydrogen (secondary N) is 1. The molecule has 2 aliphatic heterocycles. The highest BCUT2D eigenvalue weighted by Gasteiger charge is 2.45. The lowest BCUT2D eigenvalue weighted by Gasteiger charge is -2.37. The van der Waals surface area contributed by atoms with E-state index in [2.05, 4.69) is 4.72 Å². The maximum absolute atomic E-state index is 12.1. The maximum Gasteiger partial charge on any atom is 0.407 e. The predicted octanol–water partition coefficient (Wildman–Crippen LogP) is 1.34. The lowest BCUT2D eigenvalue weighted by atomic mass is 9.88. The summed E-state index contributed by atoms with van der Waals surface area (Å²) in [4.78, 5) is 12.3. The standard InChI is InChI=1S/C13H24N2O4S/c1-12(2,3)20(18)14-10-8-13(19-9-10)4-6-15(7-5-13)11(16)17/h10,14H,4-9H2,1-3H3,(H,16,17)/t10-,20?/m1/s1. The van der Waals surface area contributed by atoms with Crippen LogP contribution in [0, 0.1) is 0 Å². The summed E-state index contributed by atoms with van der Waals surface area (Å²) in [6.07, 6.45) is 1.39. The molecule has 2 atom stereocenters. The number of carbonyl (C=O) groups is 1. The van der Waals surface area contributed by atoms with Crippen LogP contribution in [0.4, 0.5) is 4.79 Å². The van der Waals surface area contributed by atoms with Gasteiger partial charge >= 0.3 is 6.09 Å². The lowest BCUT2D eigenvalue weighted by Crippen LogP contribution is -2.48. The van der Waals surface area contributed by atoms with E-state index in [-0.39, 0.29) is 16.4 Å². The van der Waals surface area contributed by atoms with Gasteiger partial charge in [0.25, 0.3) is 0 Å². The number of piperidine rings is 1. The second kappa shape index (κ2) is 5.71. The summed E-state index contributed by atoms with van der Waals surface area (Å²) in [6.45, 7) is 7.40. The van der Waals surface area contributed by atoms with Crippen LogP contribution in [-0.4, -0.2) is 56.7 Å². The van der Waals surface area contributed by atoms with Gasteiger partial charge in [-0.1, -0.05) is 0 Å². The first-order valence-corrected chi connectivity index (χ1v) is 8.17. The fraction of sp³-hybridized carbons (Fsp3) is 0.923. The third-order valence-corrected chi connectivity index (χ3v) is 5.64. The molecule has 0 aliphatic carbocycles. The van der Waals surface area contributed by atoms with E-state index in [1.165, 1.54) is 4.90 Å². The van der Waals surface area contributed by atoms with Crippen molar-refractivity contribution in [2.45, 2.75) is 56.4 Å². The minimum Gasteiger partial charge on any atom is -0.598 e. The number of amides is 1. The van der Waals surface area contributed by atoms with Crippen molar-refractivity contribution in [3.63, 3.8) is 0 Å². The lowest BCUT2D eigenvalue weighted by molar-refractivity contribution is -0.0394. The molecule has 7 heteroatoms. The van der Waals surface area contributed by atoms with Crippen LogP contribution < -0.4 is 4.72 Å². The Kier molecular flexibility index (Phi) is 4.53. The summed E-state index contributed by atoms with van der Waals surface area (Å²) in [5, 5.41) is 8.96. The fourth-order valence-corrected chi connectivity index (χ4v) is 3.51. The molecule has 1 unspecified atom stereocenters. The minimum atomic E-state index is -1.10. The van der Waals surface area contributed by atoms with Crippen molar-refractivity contribution in [1.82, 2.24) is 9.62 Å². The SMILES string of the molecule is CC(C)(C)[S+]([O-])N[C@H]1COC2(CCN(C(=O)O)CC2)C1. The quantitative estimate of drug-likeness (QED) is 0.752. The van der Waals surface area contributed by atoms with Gasteiger partial charge in [0.2, 0.25) is 0 Å². The molecule has 0 saturated carbocycles. The molecule has 2 fully saturated rings. The van der Waals surface area contributed by atoms with Crippen molar-refractivity contribution in [2.24, 2.45) is 0 Å². The molecule has 2 aliphatic rings. The second-order valence-electron chi connectivity index (χ2n) is 6.66. The van der Waals surface area contributed by atoms with Crippen molar-refractivity contribution in [3.05, 3.63) is 0 Å². The Morgan fingerprint density at radius 3 is 2.55 bits per heavy atom. The van der Waals surface area contributed by atoms with Gasteiger partial charge in [-0.25, -0.2) is 4.79 Å². The Morgan fingerprint density at radius 2 is 2.05 bits per heavy atom. The number of carboxylic acid groups (broad SMARTS) is 1. The molecule has 6 nitrogen and oxygen atoms in total. The molecular weight excluding hydrogens is 280 g/mol. The first-order chi connectivity index (χ1) is 9.22. The highest BCUT2D eigenvalue weighted by atomic mass is 32.2. The van der Waals surface area contributed by atoms with Crippen LogP contribution in [0.5, 0.6) is 0 Å². The van der Waals surface area contributed by atoms with Crippen LogP contribution in [0.3, 0.4) is 0 Å². The molecule has 0 aromatic rings. The summed E-state index contributed by atoms with van der Waals surface area (Å²) in [6, 6.07) is 0.0893. The van der Waals surface area contributed by atoms with Gasteiger partial charge in [-0.2, -0.15) is 0 Å². The molecule has 20 heavy (non-hydrogen) atoms. The molecule has 1 amide bonds. The highest BCUT2D eigenvalue weighted by Crippen LogP contribution is 2.36. The molecule has 0 aromatic heterocycles. The zero-order chi connectivity index (χ0) is 15.0. The van der Waals surface area contributed by atoms with Gasteiger partial charge in [0.15, 0.2) is 0 Å². The summed E-state index contributed by atoms with van der Waals surface area (Å²) >= 11 is -1.10. The van der Waals surface area contributed by atoms with Crippen molar-refractivity contribution in [1.29, 1.82) is 0 Å². The third kappa shape index (κ3) is 3.58. The Bertz CT molecular complexity index is 364. The van der Waals surface area contributed by atoms with Gasteiger partial charge in [0.05, 0.1) is 18.2 Å². The number of hydrogen-bond acceptors (Lipinski definition) is 4. The molecule has 0 aromatic carbocycles. The number of likely N-dealkylation sites (tertiary alicyclic amines) is 1. The first-order valence-electron chi connectivity index (χ1n) is 7.02. The zero-order valence-corrected chi connectivity index (χ0v) is 13.2. The van der Waals surface area contributed by atoms with Crippen LogP contribution in [-0.2, 0) is 16.1 Å². The Balaban J connectivity index is 1.85. The second-order valence-corrected chi connectivity index (χ2v) is 8.66. The minimum absolute atomic E-state index is 0.0893. The predicted molar refractivity (Wildman–Crippen MR) is 77.0 cm³/mol. The largest absolute Gasteiger partial charge is 0.598 e. The van der Waals surface area contributed by atoms with Gasteiger partial charge in [-0.3, -0.25) is 0 Å². The highest BCUT2D eigenvalue weighted by molar-refractivity contribution is 7.90. The molecule has 116 valence electrons. The molecule has 0 bridgehead atoms. The number of nitrogens with zero attached hydrogens (tertiary/aromatic N) is 1. The summed E-state index contributed by atoms with van der Waals surface area (Å²) < 4.78 is 20.9. The van der Waals surface area contributed by atoms with E-state index in [9.17, 15) is 9.35 Å². The third-order valence-electron chi connectivity index (χ3n) is 3.98. The normalized spacial score (nSPS) is 27.8. The Labute approximate surface area is 123 Å². The topological polar surface area (TPSA) is 84.9 Å². The van der Waals surface area contributed by atoms with Gasteiger partial charge in [-0.05, 0) is 40.0 Å². The van der Waals surface area contributed by atoms with E-state index in [4.69, 9.17) is 9.84 Å². The summed E-state index contributed by atoms with van der Waals surface area (Å²) in [7, 11) is 0. The molecule has 2 N–H and O–H groups in total. The number of rotatable bonds is 2. The van der Waals surface area contributed by atoms with E-state index in [1.807, 2.05) is 20.8 Å². The van der Waals surface area contributed by atoms with E-state index in [1.54, 1.807) is 0 Å². The average molecular weight is 304 g/mol. The first kappa shape index (κ1) is 15.9. The van der Waals surface area contributed by atoms with Crippen molar-refractivity contribution < 1.29 is 19.2 Å². The van der Waals surface area contributed by atoms with Gasteiger partial charge in [-0.15, -0.1) is 4.72 Å². The van der Waals surface area contributed by atoms with Crippen molar-refractivity contribution in [3.8, 4) is 0 Å². The van der Waals surface area contributed by atoms with Crippen LogP contribution in [0.15, 0.2) is 0 Å². The Morgan fingerprint density at radius 1 is 1.45 bits per heavy atom. The van der Waals surface area contributed by atoms with E-state index < -0.39 is 17.5 Å². The van der Waals surface area contributed by atoms with Crippen LogP contribution in [0.25, 0.3) is 0 Å². The van der Waals surface area contributed by atoms with Gasteiger partial charge in [0, 0.05) is 24.5 Å². The number of hydrogen-bond donors (Lipinski definition) is 2. The maximum atomic E-state index is 12.1. The summed E-state index contributed by atoms with van der Waals surface area (Å²) in [5.41, 5.74) is -0.230. The Hall–Kier alpha value is -0.500. The molecular formula is C13H24N2O4S. The molecule has 0 radical (unpaired) electrons.